The van der Waals surface area contributed by atoms with Crippen LogP contribution in [0.25, 0.3) is 0 Å². The zero-order valence-corrected chi connectivity index (χ0v) is 13.1. The van der Waals surface area contributed by atoms with Gasteiger partial charge in [0.15, 0.2) is 9.84 Å². The molecule has 1 heterocycles. The van der Waals surface area contributed by atoms with Gasteiger partial charge in [-0.25, -0.2) is 12.8 Å². The lowest BCUT2D eigenvalue weighted by Crippen LogP contribution is -2.38. The van der Waals surface area contributed by atoms with Crippen molar-refractivity contribution < 1.29 is 12.8 Å². The van der Waals surface area contributed by atoms with E-state index in [9.17, 15) is 12.8 Å². The number of nitrogens with one attached hydrogen (secondary N) is 1. The SMILES string of the molecule is CC(C)(c1cccc(S(C)(=O)=O)c1F)C1CCNCC1. The molecule has 1 aliphatic heterocycles. The van der Waals surface area contributed by atoms with E-state index in [1.54, 1.807) is 12.1 Å². The highest BCUT2D eigenvalue weighted by molar-refractivity contribution is 7.90. The summed E-state index contributed by atoms with van der Waals surface area (Å²) in [6.45, 7) is 5.88. The molecule has 0 saturated carbocycles. The summed E-state index contributed by atoms with van der Waals surface area (Å²) in [5.41, 5.74) is 0.139. The largest absolute Gasteiger partial charge is 0.317 e. The lowest BCUT2D eigenvalue weighted by atomic mass is 9.69. The van der Waals surface area contributed by atoms with Crippen LogP contribution in [-0.4, -0.2) is 27.8 Å². The van der Waals surface area contributed by atoms with Crippen molar-refractivity contribution in [1.29, 1.82) is 0 Å². The molecule has 20 heavy (non-hydrogen) atoms. The number of sulfone groups is 1. The maximum absolute atomic E-state index is 14.6. The fraction of sp³-hybridized carbons (Fsp3) is 0.600. The second-order valence-electron chi connectivity index (χ2n) is 6.14. The molecule has 1 aliphatic rings. The Balaban J connectivity index is 2.46. The minimum Gasteiger partial charge on any atom is -0.317 e. The van der Waals surface area contributed by atoms with Crippen LogP contribution in [0, 0.1) is 11.7 Å². The molecule has 1 N–H and O–H groups in total. The van der Waals surface area contributed by atoms with Crippen molar-refractivity contribution in [2.75, 3.05) is 19.3 Å². The van der Waals surface area contributed by atoms with E-state index in [0.29, 0.717) is 11.5 Å². The molecule has 0 radical (unpaired) electrons. The van der Waals surface area contributed by atoms with Crippen molar-refractivity contribution in [3.8, 4) is 0 Å². The number of hydrogen-bond acceptors (Lipinski definition) is 3. The lowest BCUT2D eigenvalue weighted by molar-refractivity contribution is 0.240. The zero-order valence-electron chi connectivity index (χ0n) is 12.2. The fourth-order valence-corrected chi connectivity index (χ4v) is 3.82. The molecule has 0 unspecified atom stereocenters. The molecule has 2 rings (SSSR count). The normalized spacial score (nSPS) is 18.2. The van der Waals surface area contributed by atoms with Gasteiger partial charge in [0.05, 0.1) is 0 Å². The highest BCUT2D eigenvalue weighted by atomic mass is 32.2. The fourth-order valence-electron chi connectivity index (χ4n) is 3.06. The maximum Gasteiger partial charge on any atom is 0.178 e. The highest BCUT2D eigenvalue weighted by Crippen LogP contribution is 2.39. The first-order valence-electron chi connectivity index (χ1n) is 6.94. The van der Waals surface area contributed by atoms with E-state index < -0.39 is 15.7 Å². The number of halogens is 1. The minimum atomic E-state index is -3.53. The van der Waals surface area contributed by atoms with Crippen LogP contribution in [0.3, 0.4) is 0 Å². The van der Waals surface area contributed by atoms with E-state index >= 15 is 0 Å². The first kappa shape index (κ1) is 15.4. The third kappa shape index (κ3) is 2.88. The Morgan fingerprint density at radius 2 is 1.85 bits per heavy atom. The summed E-state index contributed by atoms with van der Waals surface area (Å²) in [4.78, 5) is -0.197. The van der Waals surface area contributed by atoms with Gasteiger partial charge in [-0.3, -0.25) is 0 Å². The maximum atomic E-state index is 14.6. The molecule has 0 spiro atoms. The quantitative estimate of drug-likeness (QED) is 0.933. The van der Waals surface area contributed by atoms with Gasteiger partial charge >= 0.3 is 0 Å². The third-order valence-corrected chi connectivity index (χ3v) is 5.53. The van der Waals surface area contributed by atoms with E-state index in [1.165, 1.54) is 6.07 Å². The van der Waals surface area contributed by atoms with Crippen molar-refractivity contribution in [2.45, 2.75) is 37.0 Å². The summed E-state index contributed by atoms with van der Waals surface area (Å²) in [6.07, 6.45) is 3.01. The van der Waals surface area contributed by atoms with Crippen molar-refractivity contribution in [2.24, 2.45) is 5.92 Å². The van der Waals surface area contributed by atoms with Gasteiger partial charge in [-0.05, 0) is 48.9 Å². The summed E-state index contributed by atoms with van der Waals surface area (Å²) in [5.74, 6) is -0.230. The Hall–Kier alpha value is -0.940. The lowest BCUT2D eigenvalue weighted by Gasteiger charge is -2.38. The van der Waals surface area contributed by atoms with Crippen molar-refractivity contribution in [1.82, 2.24) is 5.32 Å². The van der Waals surface area contributed by atoms with E-state index in [0.717, 1.165) is 32.2 Å². The summed E-state index contributed by atoms with van der Waals surface area (Å²) in [5, 5.41) is 3.30. The predicted octanol–water partition coefficient (Wildman–Crippen LogP) is 2.51. The van der Waals surface area contributed by atoms with E-state index in [4.69, 9.17) is 0 Å². The first-order chi connectivity index (χ1) is 9.24. The van der Waals surface area contributed by atoms with Crippen LogP contribution < -0.4 is 5.32 Å². The molecule has 0 aliphatic carbocycles. The standard InChI is InChI=1S/C15H22FNO2S/c1-15(2,11-7-9-17-10-8-11)12-5-4-6-13(14(12)16)20(3,18)19/h4-6,11,17H,7-10H2,1-3H3. The van der Waals surface area contributed by atoms with Crippen LogP contribution in [-0.2, 0) is 15.3 Å². The van der Waals surface area contributed by atoms with Gasteiger partial charge in [-0.2, -0.15) is 0 Å². The summed E-state index contributed by atoms with van der Waals surface area (Å²) >= 11 is 0. The molecule has 1 aromatic rings. The number of hydrogen-bond donors (Lipinski definition) is 1. The average Bonchev–Trinajstić information content (AvgIpc) is 2.38. The van der Waals surface area contributed by atoms with Gasteiger partial charge in [0.2, 0.25) is 0 Å². The predicted molar refractivity (Wildman–Crippen MR) is 78.1 cm³/mol. The molecule has 112 valence electrons. The minimum absolute atomic E-state index is 0.197. The Labute approximate surface area is 120 Å². The van der Waals surface area contributed by atoms with Crippen molar-refractivity contribution >= 4 is 9.84 Å². The van der Waals surface area contributed by atoms with Crippen molar-refractivity contribution in [3.05, 3.63) is 29.6 Å². The molecular formula is C15H22FNO2S. The van der Waals surface area contributed by atoms with Gasteiger partial charge in [0.1, 0.15) is 10.7 Å². The van der Waals surface area contributed by atoms with Gasteiger partial charge in [-0.1, -0.05) is 26.0 Å². The molecule has 3 nitrogen and oxygen atoms in total. The highest BCUT2D eigenvalue weighted by Gasteiger charge is 2.35. The van der Waals surface area contributed by atoms with Crippen LogP contribution in [0.2, 0.25) is 0 Å². The number of benzene rings is 1. The van der Waals surface area contributed by atoms with Crippen LogP contribution in [0.5, 0.6) is 0 Å². The van der Waals surface area contributed by atoms with E-state index in [2.05, 4.69) is 5.32 Å². The van der Waals surface area contributed by atoms with E-state index in [1.807, 2.05) is 13.8 Å². The Kier molecular flexibility index (Phi) is 4.21. The molecule has 1 saturated heterocycles. The van der Waals surface area contributed by atoms with Crippen LogP contribution in [0.1, 0.15) is 32.3 Å². The molecule has 0 atom stereocenters. The van der Waals surface area contributed by atoms with Gasteiger partial charge in [0.25, 0.3) is 0 Å². The number of rotatable bonds is 3. The monoisotopic (exact) mass is 299 g/mol. The molecule has 0 amide bonds. The smallest absolute Gasteiger partial charge is 0.178 e. The van der Waals surface area contributed by atoms with Crippen LogP contribution >= 0.6 is 0 Å². The van der Waals surface area contributed by atoms with Crippen LogP contribution in [0.4, 0.5) is 4.39 Å². The Morgan fingerprint density at radius 1 is 1.25 bits per heavy atom. The van der Waals surface area contributed by atoms with Gasteiger partial charge in [-0.15, -0.1) is 0 Å². The van der Waals surface area contributed by atoms with E-state index in [-0.39, 0.29) is 10.3 Å². The van der Waals surface area contributed by atoms with Crippen molar-refractivity contribution in [3.63, 3.8) is 0 Å². The van der Waals surface area contributed by atoms with Gasteiger partial charge < -0.3 is 5.32 Å². The summed E-state index contributed by atoms with van der Waals surface area (Å²) in [6, 6.07) is 4.69. The molecule has 0 bridgehead atoms. The molecule has 1 aromatic carbocycles. The Morgan fingerprint density at radius 3 is 2.40 bits per heavy atom. The Bertz CT molecular complexity index is 590. The van der Waals surface area contributed by atoms with Crippen LogP contribution in [0.15, 0.2) is 23.1 Å². The third-order valence-electron chi connectivity index (χ3n) is 4.42. The zero-order chi connectivity index (χ0) is 15.0. The summed E-state index contributed by atoms with van der Waals surface area (Å²) < 4.78 is 37.9. The molecule has 1 fully saturated rings. The molecular weight excluding hydrogens is 277 g/mol. The van der Waals surface area contributed by atoms with Gasteiger partial charge in [0, 0.05) is 6.26 Å². The topological polar surface area (TPSA) is 46.2 Å². The molecule has 5 heteroatoms. The summed E-state index contributed by atoms with van der Waals surface area (Å²) in [7, 11) is -3.53. The number of piperidine rings is 1. The second-order valence-corrected chi connectivity index (χ2v) is 8.12. The molecule has 0 aromatic heterocycles. The average molecular weight is 299 g/mol. The second kappa shape index (κ2) is 5.45. The first-order valence-corrected chi connectivity index (χ1v) is 8.83.